The molecule has 2 rings (SSSR count). The van der Waals surface area contributed by atoms with Crippen LogP contribution < -0.4 is 10.5 Å². The molecule has 0 aliphatic heterocycles. The summed E-state index contributed by atoms with van der Waals surface area (Å²) in [5.74, 6) is 0.612. The van der Waals surface area contributed by atoms with Crippen LogP contribution >= 0.6 is 22.9 Å². The van der Waals surface area contributed by atoms with Crippen LogP contribution in [-0.2, 0) is 11.1 Å². The second kappa shape index (κ2) is 5.32. The van der Waals surface area contributed by atoms with Crippen molar-refractivity contribution in [3.8, 4) is 5.75 Å². The van der Waals surface area contributed by atoms with Crippen LogP contribution in [0.15, 0.2) is 22.4 Å². The van der Waals surface area contributed by atoms with Gasteiger partial charge in [-0.1, -0.05) is 11.6 Å². The summed E-state index contributed by atoms with van der Waals surface area (Å²) in [5.41, 5.74) is 5.34. The van der Waals surface area contributed by atoms with Crippen LogP contribution in [0.1, 0.15) is 0 Å². The smallest absolute Gasteiger partial charge is 0.196 e. The van der Waals surface area contributed by atoms with Gasteiger partial charge in [-0.3, -0.25) is 0 Å². The fraction of sp³-hybridized carbons (Fsp3) is 0.200. The second-order valence-electron chi connectivity index (χ2n) is 3.28. The van der Waals surface area contributed by atoms with Crippen molar-refractivity contribution in [3.63, 3.8) is 0 Å². The molecule has 7 heteroatoms. The lowest BCUT2D eigenvalue weighted by Crippen LogP contribution is -2.10. The molecule has 17 heavy (non-hydrogen) atoms. The number of rotatable bonds is 4. The Bertz CT molecular complexity index is 570. The summed E-state index contributed by atoms with van der Waals surface area (Å²) in [5, 5.41) is 1.31. The lowest BCUT2D eigenvalue weighted by molar-refractivity contribution is 0.329. The minimum absolute atomic E-state index is 0.373. The minimum Gasteiger partial charge on any atom is -0.492 e. The van der Waals surface area contributed by atoms with Crippen molar-refractivity contribution in [1.82, 2.24) is 0 Å². The highest BCUT2D eigenvalue weighted by Crippen LogP contribution is 2.36. The highest BCUT2D eigenvalue weighted by Gasteiger charge is 2.11. The van der Waals surface area contributed by atoms with E-state index in [-0.39, 0.29) is 0 Å². The molecular weight excluding hydrogens is 282 g/mol. The maximum atomic E-state index is 11.0. The minimum atomic E-state index is -1.98. The summed E-state index contributed by atoms with van der Waals surface area (Å²) >= 11 is 5.30. The first-order valence-corrected chi connectivity index (χ1v) is 7.08. The van der Waals surface area contributed by atoms with Crippen LogP contribution in [-0.4, -0.2) is 21.9 Å². The topological polar surface area (TPSA) is 72.5 Å². The third-order valence-corrected chi connectivity index (χ3v) is 4.61. The Morgan fingerprint density at radius 3 is 2.88 bits per heavy atom. The molecule has 0 spiro atoms. The average Bonchev–Trinajstić information content (AvgIpc) is 2.71. The van der Waals surface area contributed by atoms with Gasteiger partial charge in [0.1, 0.15) is 16.6 Å². The number of ether oxygens (including phenoxy) is 1. The Labute approximate surface area is 110 Å². The SMILES string of the molecule is NCCOc1cc(Cl)c2sc(S(=O)O)cc2c1. The number of nitrogens with two attached hydrogens (primary N) is 1. The molecule has 0 fully saturated rings. The van der Waals surface area contributed by atoms with Gasteiger partial charge < -0.3 is 15.0 Å². The van der Waals surface area contributed by atoms with Crippen molar-refractivity contribution in [2.24, 2.45) is 5.73 Å². The molecule has 3 N–H and O–H groups in total. The lowest BCUT2D eigenvalue weighted by atomic mass is 10.2. The summed E-state index contributed by atoms with van der Waals surface area (Å²) in [7, 11) is 0. The molecule has 0 aliphatic rings. The van der Waals surface area contributed by atoms with Crippen LogP contribution in [0.4, 0.5) is 0 Å². The summed E-state index contributed by atoms with van der Waals surface area (Å²) in [4.78, 5) is 0. The summed E-state index contributed by atoms with van der Waals surface area (Å²) in [6, 6.07) is 5.10. The van der Waals surface area contributed by atoms with Crippen molar-refractivity contribution >= 4 is 44.1 Å². The molecule has 0 aliphatic carbocycles. The largest absolute Gasteiger partial charge is 0.492 e. The summed E-state index contributed by atoms with van der Waals surface area (Å²) in [6.45, 7) is 0.829. The normalized spacial score (nSPS) is 12.9. The Hall–Kier alpha value is -0.660. The predicted octanol–water partition coefficient (Wildman–Crippen LogP) is 2.47. The molecule has 0 saturated carbocycles. The van der Waals surface area contributed by atoms with Gasteiger partial charge in [-0.05, 0) is 17.5 Å². The van der Waals surface area contributed by atoms with E-state index in [2.05, 4.69) is 0 Å². The second-order valence-corrected chi connectivity index (χ2v) is 5.93. The van der Waals surface area contributed by atoms with E-state index in [0.29, 0.717) is 28.1 Å². The Morgan fingerprint density at radius 2 is 2.24 bits per heavy atom. The van der Waals surface area contributed by atoms with Crippen LogP contribution in [0.25, 0.3) is 10.1 Å². The zero-order chi connectivity index (χ0) is 12.4. The van der Waals surface area contributed by atoms with Crippen molar-refractivity contribution < 1.29 is 13.5 Å². The number of halogens is 1. The van der Waals surface area contributed by atoms with Crippen LogP contribution in [0.3, 0.4) is 0 Å². The van der Waals surface area contributed by atoms with Gasteiger partial charge in [-0.15, -0.1) is 11.3 Å². The van der Waals surface area contributed by atoms with Gasteiger partial charge in [0.15, 0.2) is 11.1 Å². The molecule has 1 atom stereocenters. The van der Waals surface area contributed by atoms with Crippen molar-refractivity contribution in [2.75, 3.05) is 13.2 Å². The number of thiophene rings is 1. The van der Waals surface area contributed by atoms with Crippen LogP contribution in [0.5, 0.6) is 5.75 Å². The van der Waals surface area contributed by atoms with E-state index in [1.165, 1.54) is 11.3 Å². The monoisotopic (exact) mass is 291 g/mol. The van der Waals surface area contributed by atoms with Gasteiger partial charge in [0.2, 0.25) is 0 Å². The fourth-order valence-electron chi connectivity index (χ4n) is 1.41. The van der Waals surface area contributed by atoms with Gasteiger partial charge in [0.25, 0.3) is 0 Å². The molecule has 1 aromatic carbocycles. The molecule has 2 aromatic rings. The molecule has 0 radical (unpaired) electrons. The highest BCUT2D eigenvalue weighted by molar-refractivity contribution is 7.82. The zero-order valence-electron chi connectivity index (χ0n) is 8.68. The van der Waals surface area contributed by atoms with Gasteiger partial charge in [-0.2, -0.15) is 0 Å². The third kappa shape index (κ3) is 2.78. The van der Waals surface area contributed by atoms with Gasteiger partial charge in [0, 0.05) is 12.6 Å². The quantitative estimate of drug-likeness (QED) is 0.849. The Kier molecular flexibility index (Phi) is 4.01. The van der Waals surface area contributed by atoms with E-state index in [0.717, 1.165) is 10.1 Å². The van der Waals surface area contributed by atoms with Crippen LogP contribution in [0, 0.1) is 0 Å². The third-order valence-electron chi connectivity index (χ3n) is 2.08. The molecule has 1 aromatic heterocycles. The average molecular weight is 292 g/mol. The van der Waals surface area contributed by atoms with E-state index in [4.69, 9.17) is 26.6 Å². The van der Waals surface area contributed by atoms with Crippen molar-refractivity contribution in [1.29, 1.82) is 0 Å². The lowest BCUT2D eigenvalue weighted by Gasteiger charge is -2.05. The highest BCUT2D eigenvalue weighted by atomic mass is 35.5. The maximum Gasteiger partial charge on any atom is 0.196 e. The Balaban J connectivity index is 2.45. The van der Waals surface area contributed by atoms with E-state index >= 15 is 0 Å². The summed E-state index contributed by atoms with van der Waals surface area (Å²) in [6.07, 6.45) is 0. The molecule has 0 bridgehead atoms. The molecule has 0 saturated heterocycles. The van der Waals surface area contributed by atoms with E-state index in [1.54, 1.807) is 18.2 Å². The maximum absolute atomic E-state index is 11.0. The predicted molar refractivity (Wildman–Crippen MR) is 70.4 cm³/mol. The number of hydrogen-bond acceptors (Lipinski definition) is 4. The first-order valence-electron chi connectivity index (χ1n) is 4.78. The number of hydrogen-bond donors (Lipinski definition) is 2. The van der Waals surface area contributed by atoms with E-state index < -0.39 is 11.1 Å². The fourth-order valence-corrected chi connectivity index (χ4v) is 3.28. The molecule has 0 amide bonds. The first-order chi connectivity index (χ1) is 8.11. The molecule has 4 nitrogen and oxygen atoms in total. The molecular formula is C10H10ClNO3S2. The van der Waals surface area contributed by atoms with Crippen molar-refractivity contribution in [2.45, 2.75) is 4.21 Å². The Morgan fingerprint density at radius 1 is 1.47 bits per heavy atom. The van der Waals surface area contributed by atoms with E-state index in [9.17, 15) is 4.21 Å². The van der Waals surface area contributed by atoms with Crippen LogP contribution in [0.2, 0.25) is 5.02 Å². The van der Waals surface area contributed by atoms with Gasteiger partial charge in [0.05, 0.1) is 9.72 Å². The number of benzene rings is 1. The van der Waals surface area contributed by atoms with Crippen molar-refractivity contribution in [3.05, 3.63) is 23.2 Å². The van der Waals surface area contributed by atoms with E-state index in [1.807, 2.05) is 0 Å². The number of fused-ring (bicyclic) bond motifs is 1. The molecule has 92 valence electrons. The summed E-state index contributed by atoms with van der Waals surface area (Å²) < 4.78 is 26.5. The molecule has 1 unspecified atom stereocenters. The molecule has 1 heterocycles. The standard InChI is InChI=1S/C10H10ClNO3S2/c11-8-5-7(15-2-1-12)3-6-4-9(17(13)14)16-10(6)8/h3-5H,1-2,12H2,(H,13,14). The van der Waals surface area contributed by atoms with Gasteiger partial charge in [-0.25, -0.2) is 4.21 Å². The first kappa shape index (κ1) is 12.8. The zero-order valence-corrected chi connectivity index (χ0v) is 11.1. The van der Waals surface area contributed by atoms with Gasteiger partial charge >= 0.3 is 0 Å².